The summed E-state index contributed by atoms with van der Waals surface area (Å²) < 4.78 is 30.9. The van der Waals surface area contributed by atoms with E-state index in [1.54, 1.807) is 6.92 Å². The first-order chi connectivity index (χ1) is 12.7. The number of sulfonamides is 1. The van der Waals surface area contributed by atoms with Gasteiger partial charge in [-0.1, -0.05) is 12.1 Å². The minimum Gasteiger partial charge on any atom is -0.462 e. The highest BCUT2D eigenvalue weighted by Gasteiger charge is 2.19. The van der Waals surface area contributed by atoms with E-state index in [2.05, 4.69) is 4.98 Å². The molecule has 0 fully saturated rings. The molecule has 11 heteroatoms. The van der Waals surface area contributed by atoms with Crippen LogP contribution in [-0.2, 0) is 20.5 Å². The third kappa shape index (κ3) is 5.57. The molecule has 0 bridgehead atoms. The third-order valence-electron chi connectivity index (χ3n) is 3.26. The molecule has 1 aromatic heterocycles. The zero-order chi connectivity index (χ0) is 20.0. The fourth-order valence-electron chi connectivity index (χ4n) is 2.06. The maximum Gasteiger partial charge on any atom is 0.338 e. The van der Waals surface area contributed by atoms with Gasteiger partial charge in [0, 0.05) is 18.3 Å². The first kappa shape index (κ1) is 20.0. The van der Waals surface area contributed by atoms with Gasteiger partial charge in [0.15, 0.2) is 0 Å². The molecule has 142 valence electrons. The number of nitrogens with one attached hydrogen (secondary N) is 1. The average molecular weight is 393 g/mol. The molecule has 0 saturated carbocycles. The summed E-state index contributed by atoms with van der Waals surface area (Å²) in [5, 5.41) is 10.6. The molecule has 0 aliphatic carbocycles. The molecule has 1 heterocycles. The first-order valence-electron chi connectivity index (χ1n) is 7.63. The van der Waals surface area contributed by atoms with E-state index < -0.39 is 32.6 Å². The molecular weight excluding hydrogens is 378 g/mol. The Morgan fingerprint density at radius 1 is 1.22 bits per heavy atom. The average Bonchev–Trinajstić information content (AvgIpc) is 2.61. The zero-order valence-electron chi connectivity index (χ0n) is 14.1. The van der Waals surface area contributed by atoms with Crippen molar-refractivity contribution >= 4 is 27.6 Å². The van der Waals surface area contributed by atoms with Crippen LogP contribution in [0.15, 0.2) is 42.6 Å². The number of rotatable bonds is 7. The number of carbonyl (C=O) groups excluding carboxylic acids is 2. The van der Waals surface area contributed by atoms with E-state index >= 15 is 0 Å². The zero-order valence-corrected chi connectivity index (χ0v) is 14.9. The number of benzene rings is 1. The molecule has 2 aromatic rings. The van der Waals surface area contributed by atoms with Crippen LogP contribution in [0.25, 0.3) is 0 Å². The molecule has 10 nitrogen and oxygen atoms in total. The normalized spacial score (nSPS) is 10.9. The summed E-state index contributed by atoms with van der Waals surface area (Å²) in [6.45, 7) is 1.77. The van der Waals surface area contributed by atoms with E-state index in [4.69, 9.17) is 4.74 Å². The monoisotopic (exact) mass is 393 g/mol. The van der Waals surface area contributed by atoms with Crippen LogP contribution < -0.4 is 4.72 Å². The number of hydrogen-bond acceptors (Lipinski definition) is 8. The number of non-ortho nitro benzene ring substituents is 1. The van der Waals surface area contributed by atoms with E-state index in [0.717, 1.165) is 18.2 Å². The number of nitrogens with zero attached hydrogens (tertiary/aromatic N) is 2. The van der Waals surface area contributed by atoms with Crippen LogP contribution in [0.5, 0.6) is 0 Å². The Morgan fingerprint density at radius 2 is 1.89 bits per heavy atom. The highest BCUT2D eigenvalue weighted by molar-refractivity contribution is 7.89. The molecule has 2 rings (SSSR count). The lowest BCUT2D eigenvalue weighted by molar-refractivity contribution is -0.384. The van der Waals surface area contributed by atoms with E-state index in [1.807, 2.05) is 4.72 Å². The molecule has 1 N–H and O–H groups in total. The number of nitro groups is 1. The van der Waals surface area contributed by atoms with Crippen molar-refractivity contribution < 1.29 is 27.7 Å². The topological polar surface area (TPSA) is 146 Å². The lowest BCUT2D eigenvalue weighted by atomic mass is 10.2. The lowest BCUT2D eigenvalue weighted by Crippen LogP contribution is -2.32. The minimum absolute atomic E-state index is 0.0600. The second kappa shape index (κ2) is 8.36. The predicted octanol–water partition coefficient (Wildman–Crippen LogP) is 1.43. The quantitative estimate of drug-likeness (QED) is 0.422. The summed E-state index contributed by atoms with van der Waals surface area (Å²) in [6, 6.07) is 7.34. The van der Waals surface area contributed by atoms with Gasteiger partial charge in [0.2, 0.25) is 10.0 Å². The second-order valence-electron chi connectivity index (χ2n) is 5.26. The number of pyridine rings is 1. The SMILES string of the molecule is CCOC(=O)c1ccnc(C(=O)NS(=O)(=O)Cc2ccc([N+](=O)[O-])cc2)c1. The maximum atomic E-state index is 12.1. The molecular formula is C16H15N3O7S. The fourth-order valence-corrected chi connectivity index (χ4v) is 3.15. The number of nitro benzene ring substituents is 1. The van der Waals surface area contributed by atoms with Gasteiger partial charge in [-0.3, -0.25) is 19.9 Å². The number of esters is 1. The highest BCUT2D eigenvalue weighted by atomic mass is 32.2. The van der Waals surface area contributed by atoms with Crippen LogP contribution in [0.1, 0.15) is 33.3 Å². The Morgan fingerprint density at radius 3 is 2.48 bits per heavy atom. The Bertz CT molecular complexity index is 972. The molecule has 0 unspecified atom stereocenters. The van der Waals surface area contributed by atoms with Crippen LogP contribution in [-0.4, -0.2) is 36.8 Å². The number of ether oxygens (including phenoxy) is 1. The number of amides is 1. The van der Waals surface area contributed by atoms with Crippen molar-refractivity contribution in [2.24, 2.45) is 0 Å². The molecule has 27 heavy (non-hydrogen) atoms. The van der Waals surface area contributed by atoms with Gasteiger partial charge in [-0.15, -0.1) is 0 Å². The van der Waals surface area contributed by atoms with E-state index in [9.17, 15) is 28.1 Å². The minimum atomic E-state index is -4.08. The second-order valence-corrected chi connectivity index (χ2v) is 6.99. The highest BCUT2D eigenvalue weighted by Crippen LogP contribution is 2.14. The summed E-state index contributed by atoms with van der Waals surface area (Å²) in [5.74, 6) is -2.24. The van der Waals surface area contributed by atoms with Crippen molar-refractivity contribution in [1.29, 1.82) is 0 Å². The van der Waals surface area contributed by atoms with Crippen LogP contribution in [0.4, 0.5) is 5.69 Å². The Balaban J connectivity index is 2.10. The van der Waals surface area contributed by atoms with Gasteiger partial charge in [-0.25, -0.2) is 17.9 Å². The smallest absolute Gasteiger partial charge is 0.338 e. The van der Waals surface area contributed by atoms with E-state index in [0.29, 0.717) is 0 Å². The molecule has 0 saturated heterocycles. The molecule has 0 atom stereocenters. The standard InChI is InChI=1S/C16H15N3O7S/c1-2-26-16(21)12-7-8-17-14(9-12)15(20)18-27(24,25)10-11-3-5-13(6-4-11)19(22)23/h3-9H,2,10H2,1H3,(H,18,20). The van der Waals surface area contributed by atoms with Gasteiger partial charge in [-0.2, -0.15) is 0 Å². The van der Waals surface area contributed by atoms with Crippen molar-refractivity contribution in [2.45, 2.75) is 12.7 Å². The van der Waals surface area contributed by atoms with Crippen molar-refractivity contribution in [3.05, 3.63) is 69.5 Å². The lowest BCUT2D eigenvalue weighted by Gasteiger charge is -2.07. The van der Waals surface area contributed by atoms with Crippen LogP contribution >= 0.6 is 0 Å². The van der Waals surface area contributed by atoms with Crippen molar-refractivity contribution in [3.8, 4) is 0 Å². The fraction of sp³-hybridized carbons (Fsp3) is 0.188. The van der Waals surface area contributed by atoms with Crippen LogP contribution in [0.3, 0.4) is 0 Å². The Labute approximate surface area is 154 Å². The molecule has 0 radical (unpaired) electrons. The molecule has 0 aliphatic heterocycles. The Kier molecular flexibility index (Phi) is 6.19. The third-order valence-corrected chi connectivity index (χ3v) is 4.47. The maximum absolute atomic E-state index is 12.1. The summed E-state index contributed by atoms with van der Waals surface area (Å²) in [6.07, 6.45) is 1.18. The largest absolute Gasteiger partial charge is 0.462 e. The summed E-state index contributed by atoms with van der Waals surface area (Å²) in [7, 11) is -4.08. The molecule has 0 spiro atoms. The van der Waals surface area contributed by atoms with Crippen LogP contribution in [0, 0.1) is 10.1 Å². The molecule has 1 aromatic carbocycles. The van der Waals surface area contributed by atoms with Gasteiger partial charge in [-0.05, 0) is 24.6 Å². The molecule has 1 amide bonds. The predicted molar refractivity (Wildman–Crippen MR) is 93.4 cm³/mol. The van der Waals surface area contributed by atoms with Crippen molar-refractivity contribution in [2.75, 3.05) is 6.61 Å². The van der Waals surface area contributed by atoms with Crippen molar-refractivity contribution in [3.63, 3.8) is 0 Å². The number of hydrogen-bond donors (Lipinski definition) is 1. The summed E-state index contributed by atoms with van der Waals surface area (Å²) >= 11 is 0. The summed E-state index contributed by atoms with van der Waals surface area (Å²) in [5.41, 5.74) is -0.133. The van der Waals surface area contributed by atoms with E-state index in [-0.39, 0.29) is 29.1 Å². The first-order valence-corrected chi connectivity index (χ1v) is 9.28. The van der Waals surface area contributed by atoms with E-state index in [1.165, 1.54) is 24.4 Å². The van der Waals surface area contributed by atoms with Gasteiger partial charge in [0.25, 0.3) is 11.6 Å². The van der Waals surface area contributed by atoms with Gasteiger partial charge in [0.1, 0.15) is 5.69 Å². The number of carbonyl (C=O) groups is 2. The van der Waals surface area contributed by atoms with Crippen molar-refractivity contribution in [1.82, 2.24) is 9.71 Å². The summed E-state index contributed by atoms with van der Waals surface area (Å²) in [4.78, 5) is 37.5. The number of aromatic nitrogens is 1. The van der Waals surface area contributed by atoms with Crippen LogP contribution in [0.2, 0.25) is 0 Å². The van der Waals surface area contributed by atoms with Gasteiger partial charge < -0.3 is 4.74 Å². The van der Waals surface area contributed by atoms with Gasteiger partial charge >= 0.3 is 5.97 Å². The van der Waals surface area contributed by atoms with Gasteiger partial charge in [0.05, 0.1) is 22.8 Å². The molecule has 0 aliphatic rings. The Hall–Kier alpha value is -3.34.